The van der Waals surface area contributed by atoms with Crippen LogP contribution in [0.25, 0.3) is 10.1 Å². The van der Waals surface area contributed by atoms with E-state index < -0.39 is 10.0 Å². The monoisotopic (exact) mass is 365 g/mol. The van der Waals surface area contributed by atoms with Gasteiger partial charge in [-0.25, -0.2) is 8.42 Å². The van der Waals surface area contributed by atoms with E-state index in [0.29, 0.717) is 17.3 Å². The van der Waals surface area contributed by atoms with Crippen molar-refractivity contribution in [2.75, 3.05) is 19.7 Å². The van der Waals surface area contributed by atoms with Crippen molar-refractivity contribution in [1.82, 2.24) is 4.31 Å². The molecule has 4 atom stereocenters. The van der Waals surface area contributed by atoms with Gasteiger partial charge >= 0.3 is 0 Å². The maximum atomic E-state index is 13.1. The topological polar surface area (TPSA) is 66.8 Å². The molecular weight excluding hydrogens is 346 g/mol. The van der Waals surface area contributed by atoms with Crippen LogP contribution < -0.4 is 0 Å². The number of aliphatic hydroxyl groups excluding tert-OH is 1. The fraction of sp³-hybridized carbons (Fsp3) is 0.529. The third kappa shape index (κ3) is 1.93. The van der Waals surface area contributed by atoms with Crippen molar-refractivity contribution in [3.8, 4) is 0 Å². The van der Waals surface area contributed by atoms with Crippen LogP contribution in [0.15, 0.2) is 34.5 Å². The molecule has 3 aliphatic heterocycles. The standard InChI is InChI=1S/C17H19NO4S2/c19-9-12-13-8-18(10-17(13)6-5-14(12)22-17)24(20,21)16-7-11-3-1-2-4-15(11)23-16/h1-4,7,12-14,19H,5-6,8-10H2/t12-,13+,14+,17+/m0/s1. The Labute approximate surface area is 144 Å². The third-order valence-corrected chi connectivity index (χ3v) is 9.34. The minimum Gasteiger partial charge on any atom is -0.396 e. The molecule has 3 saturated heterocycles. The maximum absolute atomic E-state index is 13.1. The summed E-state index contributed by atoms with van der Waals surface area (Å²) in [5.41, 5.74) is -0.373. The number of fused-ring (bicyclic) bond motifs is 2. The van der Waals surface area contributed by atoms with Crippen LogP contribution in [0, 0.1) is 11.8 Å². The minimum absolute atomic E-state index is 0.0707. The second-order valence-corrected chi connectivity index (χ2v) is 10.4. The largest absolute Gasteiger partial charge is 0.396 e. The summed E-state index contributed by atoms with van der Waals surface area (Å²) in [6.07, 6.45) is 1.93. The summed E-state index contributed by atoms with van der Waals surface area (Å²) in [6, 6.07) is 9.50. The first kappa shape index (κ1) is 15.3. The quantitative estimate of drug-likeness (QED) is 0.904. The average Bonchev–Trinajstić information content (AvgIpc) is 3.31. The molecule has 1 aromatic heterocycles. The number of hydrogen-bond donors (Lipinski definition) is 1. The molecule has 7 heteroatoms. The lowest BCUT2D eigenvalue weighted by molar-refractivity contribution is 0.00645. The summed E-state index contributed by atoms with van der Waals surface area (Å²) in [5.74, 6) is 0.187. The molecule has 4 heterocycles. The molecule has 24 heavy (non-hydrogen) atoms. The zero-order valence-electron chi connectivity index (χ0n) is 13.1. The average molecular weight is 365 g/mol. The SMILES string of the molecule is O=S(=O)(c1cc2ccccc2s1)N1C[C@@H]2[C@H](CO)[C@H]3CC[C@]2(C1)O3. The van der Waals surface area contributed by atoms with Gasteiger partial charge in [-0.3, -0.25) is 0 Å². The van der Waals surface area contributed by atoms with E-state index in [1.165, 1.54) is 11.3 Å². The smallest absolute Gasteiger partial charge is 0.252 e. The molecule has 3 aliphatic rings. The lowest BCUT2D eigenvalue weighted by atomic mass is 9.74. The van der Waals surface area contributed by atoms with Gasteiger partial charge in [-0.15, -0.1) is 11.3 Å². The van der Waals surface area contributed by atoms with E-state index in [2.05, 4.69) is 0 Å². The number of hydrogen-bond acceptors (Lipinski definition) is 5. The molecule has 1 N–H and O–H groups in total. The number of aliphatic hydroxyl groups is 1. The van der Waals surface area contributed by atoms with Gasteiger partial charge in [0.1, 0.15) is 4.21 Å². The first-order chi connectivity index (χ1) is 11.5. The van der Waals surface area contributed by atoms with Crippen molar-refractivity contribution in [3.63, 3.8) is 0 Å². The molecule has 0 amide bonds. The molecule has 3 fully saturated rings. The Balaban J connectivity index is 1.50. The van der Waals surface area contributed by atoms with Gasteiger partial charge in [0, 0.05) is 36.2 Å². The molecule has 0 unspecified atom stereocenters. The lowest BCUT2D eigenvalue weighted by Gasteiger charge is -2.27. The Morgan fingerprint density at radius 3 is 3.00 bits per heavy atom. The Morgan fingerprint density at radius 2 is 2.21 bits per heavy atom. The van der Waals surface area contributed by atoms with Crippen molar-refractivity contribution >= 4 is 31.4 Å². The molecule has 0 aliphatic carbocycles. The fourth-order valence-corrected chi connectivity index (χ4v) is 7.86. The van der Waals surface area contributed by atoms with Gasteiger partial charge in [0.25, 0.3) is 10.0 Å². The molecule has 1 spiro atoms. The van der Waals surface area contributed by atoms with Gasteiger partial charge in [0.05, 0.1) is 11.7 Å². The van der Waals surface area contributed by atoms with Crippen LogP contribution >= 0.6 is 11.3 Å². The van der Waals surface area contributed by atoms with Crippen LogP contribution in [0.4, 0.5) is 0 Å². The third-order valence-electron chi connectivity index (χ3n) is 5.96. The Morgan fingerprint density at radius 1 is 1.38 bits per heavy atom. The zero-order valence-corrected chi connectivity index (χ0v) is 14.7. The summed E-state index contributed by atoms with van der Waals surface area (Å²) in [6.45, 7) is 0.952. The molecule has 0 saturated carbocycles. The Bertz CT molecular complexity index is 875. The number of thiophene rings is 1. The molecular formula is C17H19NO4S2. The summed E-state index contributed by atoms with van der Waals surface area (Å²) in [5, 5.41) is 10.6. The number of ether oxygens (including phenoxy) is 1. The fourth-order valence-electron chi connectivity index (χ4n) is 4.79. The Hall–Kier alpha value is -0.990. The zero-order chi connectivity index (χ0) is 16.5. The molecule has 1 aromatic carbocycles. The van der Waals surface area contributed by atoms with Gasteiger partial charge < -0.3 is 9.84 Å². The van der Waals surface area contributed by atoms with Crippen LogP contribution in [0.1, 0.15) is 12.8 Å². The summed E-state index contributed by atoms with van der Waals surface area (Å²) in [4.78, 5) is 0. The number of benzene rings is 1. The number of rotatable bonds is 3. The first-order valence-electron chi connectivity index (χ1n) is 8.31. The number of sulfonamides is 1. The second-order valence-electron chi connectivity index (χ2n) is 7.11. The Kier molecular flexibility index (Phi) is 3.19. The number of nitrogens with zero attached hydrogens (tertiary/aromatic N) is 1. The van der Waals surface area contributed by atoms with Crippen LogP contribution in [-0.2, 0) is 14.8 Å². The summed E-state index contributed by atoms with van der Waals surface area (Å²) < 4.78 is 35.3. The highest BCUT2D eigenvalue weighted by molar-refractivity contribution is 7.91. The first-order valence-corrected chi connectivity index (χ1v) is 10.6. The normalized spacial score (nSPS) is 35.8. The van der Waals surface area contributed by atoms with E-state index in [-0.39, 0.29) is 30.1 Å². The predicted molar refractivity (Wildman–Crippen MR) is 91.5 cm³/mol. The van der Waals surface area contributed by atoms with Crippen LogP contribution in [0.3, 0.4) is 0 Å². The molecule has 5 nitrogen and oxygen atoms in total. The van der Waals surface area contributed by atoms with Crippen molar-refractivity contribution in [2.45, 2.75) is 28.8 Å². The van der Waals surface area contributed by atoms with E-state index >= 15 is 0 Å². The molecule has 2 bridgehead atoms. The van der Waals surface area contributed by atoms with Crippen LogP contribution in [0.2, 0.25) is 0 Å². The molecule has 5 rings (SSSR count). The molecule has 2 aromatic rings. The minimum atomic E-state index is -3.51. The maximum Gasteiger partial charge on any atom is 0.252 e. The van der Waals surface area contributed by atoms with E-state index in [1.54, 1.807) is 10.4 Å². The van der Waals surface area contributed by atoms with Gasteiger partial charge in [-0.05, 0) is 30.4 Å². The van der Waals surface area contributed by atoms with Crippen molar-refractivity contribution < 1.29 is 18.3 Å². The van der Waals surface area contributed by atoms with Crippen molar-refractivity contribution in [2.24, 2.45) is 11.8 Å². The van der Waals surface area contributed by atoms with E-state index in [9.17, 15) is 13.5 Å². The highest BCUT2D eigenvalue weighted by atomic mass is 32.2. The van der Waals surface area contributed by atoms with Crippen molar-refractivity contribution in [1.29, 1.82) is 0 Å². The summed E-state index contributed by atoms with van der Waals surface area (Å²) >= 11 is 1.32. The van der Waals surface area contributed by atoms with Crippen molar-refractivity contribution in [3.05, 3.63) is 30.3 Å². The second kappa shape index (κ2) is 5.02. The predicted octanol–water partition coefficient (Wildman–Crippen LogP) is 2.06. The van der Waals surface area contributed by atoms with Gasteiger partial charge in [-0.1, -0.05) is 18.2 Å². The highest BCUT2D eigenvalue weighted by Gasteiger charge is 2.64. The van der Waals surface area contributed by atoms with Crippen LogP contribution in [-0.4, -0.2) is 49.2 Å². The van der Waals surface area contributed by atoms with E-state index in [1.807, 2.05) is 24.3 Å². The van der Waals surface area contributed by atoms with Gasteiger partial charge in [0.2, 0.25) is 0 Å². The van der Waals surface area contributed by atoms with Gasteiger partial charge in [0.15, 0.2) is 0 Å². The summed E-state index contributed by atoms with van der Waals surface area (Å²) in [7, 11) is -3.51. The van der Waals surface area contributed by atoms with E-state index in [4.69, 9.17) is 4.74 Å². The van der Waals surface area contributed by atoms with Gasteiger partial charge in [-0.2, -0.15) is 4.31 Å². The molecule has 128 valence electrons. The lowest BCUT2D eigenvalue weighted by Crippen LogP contribution is -2.38. The highest BCUT2D eigenvalue weighted by Crippen LogP contribution is 2.55. The van der Waals surface area contributed by atoms with E-state index in [0.717, 1.165) is 22.9 Å². The molecule has 0 radical (unpaired) electrons. The van der Waals surface area contributed by atoms with Crippen LogP contribution in [0.5, 0.6) is 0 Å².